The molecule has 0 saturated heterocycles. The maximum absolute atomic E-state index is 12.9. The van der Waals surface area contributed by atoms with Crippen molar-refractivity contribution >= 4 is 40.5 Å². The van der Waals surface area contributed by atoms with E-state index in [0.717, 1.165) is 23.1 Å². The second-order valence-electron chi connectivity index (χ2n) is 5.76. The van der Waals surface area contributed by atoms with E-state index in [0.29, 0.717) is 0 Å². The average Bonchev–Trinajstić information content (AvgIpc) is 3.13. The summed E-state index contributed by atoms with van der Waals surface area (Å²) >= 11 is 1.28. The summed E-state index contributed by atoms with van der Waals surface area (Å²) in [5.41, 5.74) is -0.698. The molecule has 1 aliphatic rings. The Morgan fingerprint density at radius 3 is 2.67 bits per heavy atom. The van der Waals surface area contributed by atoms with Crippen LogP contribution in [-0.4, -0.2) is 30.4 Å². The summed E-state index contributed by atoms with van der Waals surface area (Å²) in [5, 5.41) is 5.55. The average molecular weight is 398 g/mol. The van der Waals surface area contributed by atoms with Gasteiger partial charge in [0.25, 0.3) is 5.91 Å². The van der Waals surface area contributed by atoms with Crippen molar-refractivity contribution in [3.8, 4) is 0 Å². The molecule has 0 saturated carbocycles. The highest BCUT2D eigenvalue weighted by molar-refractivity contribution is 7.08. The van der Waals surface area contributed by atoms with Gasteiger partial charge in [0.15, 0.2) is 6.10 Å². The second kappa shape index (κ2) is 7.03. The molecule has 1 unspecified atom stereocenters. The van der Waals surface area contributed by atoms with Crippen LogP contribution in [0.1, 0.15) is 22.8 Å². The lowest BCUT2D eigenvalue weighted by Crippen LogP contribution is -2.47. The largest absolute Gasteiger partial charge is 0.449 e. The minimum atomic E-state index is -4.59. The predicted molar refractivity (Wildman–Crippen MR) is 91.6 cm³/mol. The first-order chi connectivity index (χ1) is 12.7. The van der Waals surface area contributed by atoms with Gasteiger partial charge >= 0.3 is 12.1 Å². The van der Waals surface area contributed by atoms with Crippen molar-refractivity contribution in [3.63, 3.8) is 0 Å². The Morgan fingerprint density at radius 2 is 2.04 bits per heavy atom. The summed E-state index contributed by atoms with van der Waals surface area (Å²) in [6, 6.07) is 4.21. The van der Waals surface area contributed by atoms with E-state index in [1.54, 1.807) is 10.8 Å². The number of benzene rings is 1. The molecule has 0 spiro atoms. The standard InChI is InChI=1S/C17H13F3N2O4S/c1-9(26-16(25)10-4-5-27-8-10)15(24)22-7-14(23)21-12-6-11(17(18,19)20)2-3-13(12)22/h2-6,8-9H,7H2,1H3,(H,21,23). The van der Waals surface area contributed by atoms with E-state index in [4.69, 9.17) is 4.74 Å². The number of carbonyl (C=O) groups is 3. The number of anilines is 2. The van der Waals surface area contributed by atoms with Crippen molar-refractivity contribution < 1.29 is 32.3 Å². The fourth-order valence-corrected chi connectivity index (χ4v) is 3.17. The van der Waals surface area contributed by atoms with Gasteiger partial charge in [-0.25, -0.2) is 4.79 Å². The molecule has 6 nitrogen and oxygen atoms in total. The first kappa shape index (κ1) is 18.9. The van der Waals surface area contributed by atoms with Gasteiger partial charge in [-0.2, -0.15) is 24.5 Å². The Morgan fingerprint density at radius 1 is 1.30 bits per heavy atom. The number of fused-ring (bicyclic) bond motifs is 1. The van der Waals surface area contributed by atoms with Crippen LogP contribution in [0, 0.1) is 0 Å². The Kier molecular flexibility index (Phi) is 4.92. The van der Waals surface area contributed by atoms with Gasteiger partial charge < -0.3 is 10.1 Å². The van der Waals surface area contributed by atoms with Crippen molar-refractivity contribution in [2.75, 3.05) is 16.8 Å². The smallest absolute Gasteiger partial charge is 0.416 e. The van der Waals surface area contributed by atoms with E-state index in [1.807, 2.05) is 0 Å². The Bertz CT molecular complexity index is 896. The quantitative estimate of drug-likeness (QED) is 0.805. The monoisotopic (exact) mass is 398 g/mol. The third-order valence-electron chi connectivity index (χ3n) is 3.84. The number of halogens is 3. The van der Waals surface area contributed by atoms with Crippen molar-refractivity contribution in [2.45, 2.75) is 19.2 Å². The van der Waals surface area contributed by atoms with Crippen LogP contribution in [-0.2, 0) is 20.5 Å². The predicted octanol–water partition coefficient (Wildman–Crippen LogP) is 3.30. The molecule has 0 aliphatic carbocycles. The summed E-state index contributed by atoms with van der Waals surface area (Å²) in [7, 11) is 0. The second-order valence-corrected chi connectivity index (χ2v) is 6.54. The molecule has 0 bridgehead atoms. The van der Waals surface area contributed by atoms with Gasteiger partial charge in [-0.3, -0.25) is 14.5 Å². The molecule has 2 aromatic rings. The number of hydrogen-bond donors (Lipinski definition) is 1. The lowest BCUT2D eigenvalue weighted by atomic mass is 10.1. The van der Waals surface area contributed by atoms with E-state index in [9.17, 15) is 27.6 Å². The molecule has 2 heterocycles. The zero-order chi connectivity index (χ0) is 19.8. The molecule has 1 N–H and O–H groups in total. The van der Waals surface area contributed by atoms with Crippen molar-refractivity contribution in [2.24, 2.45) is 0 Å². The van der Waals surface area contributed by atoms with Gasteiger partial charge in [0.2, 0.25) is 5.91 Å². The summed E-state index contributed by atoms with van der Waals surface area (Å²) in [6.45, 7) is 0.945. The number of nitrogens with zero attached hydrogens (tertiary/aromatic N) is 1. The number of nitrogens with one attached hydrogen (secondary N) is 1. The maximum Gasteiger partial charge on any atom is 0.416 e. The molecule has 142 valence electrons. The van der Waals surface area contributed by atoms with Gasteiger partial charge in [-0.05, 0) is 36.6 Å². The molecule has 1 aromatic carbocycles. The zero-order valence-corrected chi connectivity index (χ0v) is 14.7. The van der Waals surface area contributed by atoms with Crippen LogP contribution in [0.4, 0.5) is 24.5 Å². The van der Waals surface area contributed by atoms with Crippen molar-refractivity contribution in [1.29, 1.82) is 0 Å². The minimum Gasteiger partial charge on any atom is -0.449 e. The number of ether oxygens (including phenoxy) is 1. The first-order valence-electron chi connectivity index (χ1n) is 7.72. The highest BCUT2D eigenvalue weighted by Gasteiger charge is 2.35. The summed E-state index contributed by atoms with van der Waals surface area (Å²) in [4.78, 5) is 37.5. The van der Waals surface area contributed by atoms with E-state index < -0.39 is 42.2 Å². The number of thiophene rings is 1. The lowest BCUT2D eigenvalue weighted by Gasteiger charge is -2.31. The molecule has 2 amide bonds. The molecule has 1 atom stereocenters. The fraction of sp³-hybridized carbons (Fsp3) is 0.235. The molecule has 1 aliphatic heterocycles. The molecule has 1 aromatic heterocycles. The SMILES string of the molecule is CC(OC(=O)c1ccsc1)C(=O)N1CC(=O)Nc2cc(C(F)(F)F)ccc21. The summed E-state index contributed by atoms with van der Waals surface area (Å²) in [6.07, 6.45) is -5.81. The minimum absolute atomic E-state index is 0.103. The number of hydrogen-bond acceptors (Lipinski definition) is 5. The Labute approximate surface area is 155 Å². The molecule has 10 heteroatoms. The number of alkyl halides is 3. The van der Waals surface area contributed by atoms with E-state index in [1.165, 1.54) is 24.3 Å². The van der Waals surface area contributed by atoms with Gasteiger partial charge in [0, 0.05) is 5.38 Å². The van der Waals surface area contributed by atoms with Crippen molar-refractivity contribution in [3.05, 3.63) is 46.2 Å². The number of amides is 2. The van der Waals surface area contributed by atoms with Gasteiger partial charge in [0.05, 0.1) is 22.5 Å². The van der Waals surface area contributed by atoms with Crippen LogP contribution in [0.15, 0.2) is 35.0 Å². The van der Waals surface area contributed by atoms with E-state index >= 15 is 0 Å². The molecular weight excluding hydrogens is 385 g/mol. The molecule has 27 heavy (non-hydrogen) atoms. The number of rotatable bonds is 3. The normalized spacial score (nSPS) is 15.0. The van der Waals surface area contributed by atoms with Crippen LogP contribution in [0.3, 0.4) is 0 Å². The van der Waals surface area contributed by atoms with Gasteiger partial charge in [0.1, 0.15) is 6.54 Å². The molecule has 0 radical (unpaired) electrons. The Balaban J connectivity index is 1.83. The highest BCUT2D eigenvalue weighted by atomic mass is 32.1. The van der Waals surface area contributed by atoms with Crippen LogP contribution in [0.25, 0.3) is 0 Å². The van der Waals surface area contributed by atoms with Crippen LogP contribution in [0.5, 0.6) is 0 Å². The summed E-state index contributed by atoms with van der Waals surface area (Å²) < 4.78 is 43.7. The first-order valence-corrected chi connectivity index (χ1v) is 8.67. The molecule has 3 rings (SSSR count). The topological polar surface area (TPSA) is 75.7 Å². The van der Waals surface area contributed by atoms with E-state index in [2.05, 4.69) is 5.32 Å². The highest BCUT2D eigenvalue weighted by Crippen LogP contribution is 2.37. The third-order valence-corrected chi connectivity index (χ3v) is 4.53. The summed E-state index contributed by atoms with van der Waals surface area (Å²) in [5.74, 6) is -2.06. The zero-order valence-electron chi connectivity index (χ0n) is 13.9. The van der Waals surface area contributed by atoms with Crippen LogP contribution >= 0.6 is 11.3 Å². The van der Waals surface area contributed by atoms with E-state index in [-0.39, 0.29) is 16.9 Å². The molecule has 0 fully saturated rings. The van der Waals surface area contributed by atoms with Gasteiger partial charge in [-0.15, -0.1) is 0 Å². The van der Waals surface area contributed by atoms with Crippen molar-refractivity contribution in [1.82, 2.24) is 0 Å². The Hall–Kier alpha value is -2.88. The van der Waals surface area contributed by atoms with Gasteiger partial charge in [-0.1, -0.05) is 0 Å². The number of esters is 1. The fourth-order valence-electron chi connectivity index (χ4n) is 2.54. The molecular formula is C17H13F3N2O4S. The van der Waals surface area contributed by atoms with Crippen LogP contribution in [0.2, 0.25) is 0 Å². The lowest BCUT2D eigenvalue weighted by molar-refractivity contribution is -0.137. The maximum atomic E-state index is 12.9. The third kappa shape index (κ3) is 3.95. The number of carbonyl (C=O) groups excluding carboxylic acids is 3. The van der Waals surface area contributed by atoms with Crippen LogP contribution < -0.4 is 10.2 Å².